The third-order valence-corrected chi connectivity index (χ3v) is 4.39. The van der Waals surface area contributed by atoms with Crippen molar-refractivity contribution in [2.45, 2.75) is 32.6 Å². The minimum absolute atomic E-state index is 0.137. The normalized spacial score (nSPS) is 10.1. The van der Waals surface area contributed by atoms with E-state index < -0.39 is 30.4 Å². The minimum atomic E-state index is -0.681. The van der Waals surface area contributed by atoms with E-state index >= 15 is 0 Å². The quantitative estimate of drug-likeness (QED) is 0.370. The van der Waals surface area contributed by atoms with Crippen LogP contribution in [0.4, 0.5) is 11.4 Å². The van der Waals surface area contributed by atoms with Gasteiger partial charge in [0.15, 0.2) is 6.61 Å². The highest BCUT2D eigenvalue weighted by Crippen LogP contribution is 2.16. The second-order valence-corrected chi connectivity index (χ2v) is 7.06. The molecule has 0 aliphatic rings. The van der Waals surface area contributed by atoms with Crippen LogP contribution in [0.2, 0.25) is 0 Å². The third-order valence-electron chi connectivity index (χ3n) is 4.39. The maximum Gasteiger partial charge on any atom is 0.338 e. The predicted molar refractivity (Wildman–Crippen MR) is 122 cm³/mol. The largest absolute Gasteiger partial charge is 0.497 e. The summed E-state index contributed by atoms with van der Waals surface area (Å²) in [4.78, 5) is 47.9. The zero-order chi connectivity index (χ0) is 24.1. The molecule has 0 aliphatic carbocycles. The van der Waals surface area contributed by atoms with E-state index in [9.17, 15) is 19.2 Å². The number of hydrogen-bond acceptors (Lipinski definition) is 7. The predicted octanol–water partition coefficient (Wildman–Crippen LogP) is 3.55. The SMILES string of the molecule is CCCCOC(=O)c1cccc(NC(=O)CCC(=O)OCC(=O)Nc2cccc(OC)c2)c1. The Balaban J connectivity index is 1.72. The summed E-state index contributed by atoms with van der Waals surface area (Å²) < 4.78 is 15.1. The van der Waals surface area contributed by atoms with Crippen molar-refractivity contribution in [2.24, 2.45) is 0 Å². The first-order valence-electron chi connectivity index (χ1n) is 10.6. The van der Waals surface area contributed by atoms with Crippen molar-refractivity contribution in [1.82, 2.24) is 0 Å². The van der Waals surface area contributed by atoms with Gasteiger partial charge in [-0.25, -0.2) is 4.79 Å². The Kier molecular flexibility index (Phi) is 10.4. The fourth-order valence-electron chi connectivity index (χ4n) is 2.67. The number of methoxy groups -OCH3 is 1. The molecular weight excluding hydrogens is 428 g/mol. The molecule has 0 fully saturated rings. The van der Waals surface area contributed by atoms with Crippen molar-refractivity contribution in [3.05, 3.63) is 54.1 Å². The Labute approximate surface area is 192 Å². The van der Waals surface area contributed by atoms with E-state index in [0.29, 0.717) is 29.3 Å². The van der Waals surface area contributed by atoms with Gasteiger partial charge in [-0.15, -0.1) is 0 Å². The van der Waals surface area contributed by atoms with Gasteiger partial charge in [-0.05, 0) is 36.8 Å². The van der Waals surface area contributed by atoms with Crippen molar-refractivity contribution in [3.63, 3.8) is 0 Å². The smallest absolute Gasteiger partial charge is 0.338 e. The summed E-state index contributed by atoms with van der Waals surface area (Å²) in [5, 5.41) is 5.21. The zero-order valence-electron chi connectivity index (χ0n) is 18.7. The Morgan fingerprint density at radius 3 is 2.27 bits per heavy atom. The highest BCUT2D eigenvalue weighted by Gasteiger charge is 2.13. The molecule has 2 aromatic rings. The number of amides is 2. The van der Waals surface area contributed by atoms with Crippen LogP contribution in [0.1, 0.15) is 43.0 Å². The number of ether oxygens (including phenoxy) is 3. The molecule has 0 heterocycles. The van der Waals surface area contributed by atoms with Gasteiger partial charge in [0.05, 0.1) is 25.7 Å². The Bertz CT molecular complexity index is 975. The van der Waals surface area contributed by atoms with E-state index in [1.807, 2.05) is 6.92 Å². The highest BCUT2D eigenvalue weighted by atomic mass is 16.5. The van der Waals surface area contributed by atoms with Crippen LogP contribution in [0.5, 0.6) is 5.75 Å². The van der Waals surface area contributed by atoms with Crippen LogP contribution < -0.4 is 15.4 Å². The van der Waals surface area contributed by atoms with Gasteiger partial charge >= 0.3 is 11.9 Å². The summed E-state index contributed by atoms with van der Waals surface area (Å²) in [5.41, 5.74) is 1.24. The summed E-state index contributed by atoms with van der Waals surface area (Å²) in [6, 6.07) is 13.1. The molecule has 0 spiro atoms. The van der Waals surface area contributed by atoms with E-state index in [-0.39, 0.29) is 12.8 Å². The summed E-state index contributed by atoms with van der Waals surface area (Å²) in [6.07, 6.45) is 1.36. The third kappa shape index (κ3) is 9.42. The molecular formula is C24H28N2O7. The van der Waals surface area contributed by atoms with Crippen LogP contribution >= 0.6 is 0 Å². The van der Waals surface area contributed by atoms with Gasteiger partial charge in [0.2, 0.25) is 5.91 Å². The molecule has 2 N–H and O–H groups in total. The molecule has 0 saturated carbocycles. The lowest BCUT2D eigenvalue weighted by Crippen LogP contribution is -2.21. The number of benzene rings is 2. The molecule has 9 heteroatoms. The molecule has 0 aliphatic heterocycles. The molecule has 0 unspecified atom stereocenters. The van der Waals surface area contributed by atoms with Gasteiger partial charge in [-0.3, -0.25) is 14.4 Å². The standard InChI is InChI=1S/C24H28N2O7/c1-3-4-13-32-24(30)17-7-5-8-18(14-17)25-21(27)11-12-23(29)33-16-22(28)26-19-9-6-10-20(15-19)31-2/h5-10,14-15H,3-4,11-13,16H2,1-2H3,(H,25,27)(H,26,28). The van der Waals surface area contributed by atoms with Crippen LogP contribution in [0.3, 0.4) is 0 Å². The molecule has 9 nitrogen and oxygen atoms in total. The second kappa shape index (κ2) is 13.5. The number of carbonyl (C=O) groups is 4. The number of esters is 2. The van der Waals surface area contributed by atoms with E-state index in [4.69, 9.17) is 14.2 Å². The lowest BCUT2D eigenvalue weighted by Gasteiger charge is -2.09. The van der Waals surface area contributed by atoms with Gasteiger partial charge in [0, 0.05) is 23.9 Å². The topological polar surface area (TPSA) is 120 Å². The van der Waals surface area contributed by atoms with Crippen LogP contribution in [0.15, 0.2) is 48.5 Å². The summed E-state index contributed by atoms with van der Waals surface area (Å²) in [7, 11) is 1.51. The molecule has 0 aromatic heterocycles. The lowest BCUT2D eigenvalue weighted by atomic mass is 10.2. The first-order valence-corrected chi connectivity index (χ1v) is 10.6. The second-order valence-electron chi connectivity index (χ2n) is 7.06. The maximum atomic E-state index is 12.1. The molecule has 2 rings (SSSR count). The van der Waals surface area contributed by atoms with E-state index in [2.05, 4.69) is 10.6 Å². The molecule has 0 saturated heterocycles. The van der Waals surface area contributed by atoms with Gasteiger partial charge in [0.25, 0.3) is 5.91 Å². The molecule has 2 amide bonds. The van der Waals surface area contributed by atoms with E-state index in [1.165, 1.54) is 13.2 Å². The molecule has 33 heavy (non-hydrogen) atoms. The Morgan fingerprint density at radius 2 is 1.55 bits per heavy atom. The molecule has 0 bridgehead atoms. The van der Waals surface area contributed by atoms with Crippen LogP contribution in [0, 0.1) is 0 Å². The number of nitrogens with one attached hydrogen (secondary N) is 2. The first-order chi connectivity index (χ1) is 15.9. The van der Waals surface area contributed by atoms with Gasteiger partial charge in [-0.2, -0.15) is 0 Å². The zero-order valence-corrected chi connectivity index (χ0v) is 18.7. The summed E-state index contributed by atoms with van der Waals surface area (Å²) in [6.45, 7) is 1.86. The average Bonchev–Trinajstić information content (AvgIpc) is 2.81. The summed E-state index contributed by atoms with van der Waals surface area (Å²) >= 11 is 0. The van der Waals surface area contributed by atoms with Crippen LogP contribution in [-0.4, -0.2) is 44.1 Å². The number of carbonyl (C=O) groups excluding carboxylic acids is 4. The van der Waals surface area contributed by atoms with Crippen LogP contribution in [0.25, 0.3) is 0 Å². The van der Waals surface area contributed by atoms with Crippen molar-refractivity contribution in [1.29, 1.82) is 0 Å². The Hall–Kier alpha value is -3.88. The van der Waals surface area contributed by atoms with Crippen molar-refractivity contribution in [2.75, 3.05) is 31.0 Å². The number of hydrogen-bond donors (Lipinski definition) is 2. The summed E-state index contributed by atoms with van der Waals surface area (Å²) in [5.74, 6) is -1.50. The van der Waals surface area contributed by atoms with Crippen molar-refractivity contribution < 1.29 is 33.4 Å². The number of unbranched alkanes of at least 4 members (excludes halogenated alkanes) is 1. The monoisotopic (exact) mass is 456 g/mol. The molecule has 0 radical (unpaired) electrons. The fraction of sp³-hybridized carbons (Fsp3) is 0.333. The molecule has 2 aromatic carbocycles. The number of anilines is 2. The van der Waals surface area contributed by atoms with Crippen molar-refractivity contribution in [3.8, 4) is 5.75 Å². The van der Waals surface area contributed by atoms with Gasteiger partial charge in [0.1, 0.15) is 5.75 Å². The highest BCUT2D eigenvalue weighted by molar-refractivity contribution is 5.96. The Morgan fingerprint density at radius 1 is 0.848 bits per heavy atom. The lowest BCUT2D eigenvalue weighted by molar-refractivity contribution is -0.147. The molecule has 0 atom stereocenters. The minimum Gasteiger partial charge on any atom is -0.497 e. The van der Waals surface area contributed by atoms with Gasteiger partial charge in [-0.1, -0.05) is 25.5 Å². The maximum absolute atomic E-state index is 12.1. The fourth-order valence-corrected chi connectivity index (χ4v) is 2.67. The van der Waals surface area contributed by atoms with Gasteiger partial charge < -0.3 is 24.8 Å². The first kappa shape index (κ1) is 25.4. The number of rotatable bonds is 12. The van der Waals surface area contributed by atoms with Crippen LogP contribution in [-0.2, 0) is 23.9 Å². The van der Waals surface area contributed by atoms with E-state index in [0.717, 1.165) is 12.8 Å². The average molecular weight is 456 g/mol. The van der Waals surface area contributed by atoms with Crippen molar-refractivity contribution >= 4 is 35.1 Å². The molecule has 176 valence electrons. The van der Waals surface area contributed by atoms with E-state index in [1.54, 1.807) is 42.5 Å².